The van der Waals surface area contributed by atoms with E-state index in [0.29, 0.717) is 16.1 Å². The van der Waals surface area contributed by atoms with Crippen molar-refractivity contribution in [1.82, 2.24) is 10.2 Å². The van der Waals surface area contributed by atoms with E-state index in [9.17, 15) is 4.79 Å². The molecular weight excluding hydrogens is 370 g/mol. The molecule has 1 aromatic heterocycles. The van der Waals surface area contributed by atoms with Gasteiger partial charge in [-0.05, 0) is 44.2 Å². The minimum Gasteiger partial charge on any atom is -0.411 e. The van der Waals surface area contributed by atoms with Gasteiger partial charge in [-0.15, -0.1) is 10.2 Å². The summed E-state index contributed by atoms with van der Waals surface area (Å²) in [6, 6.07) is 16.9. The molecule has 0 atom stereocenters. The highest BCUT2D eigenvalue weighted by molar-refractivity contribution is 7.99. The first kappa shape index (κ1) is 18.5. The van der Waals surface area contributed by atoms with Crippen molar-refractivity contribution in [2.45, 2.75) is 25.1 Å². The zero-order valence-corrected chi connectivity index (χ0v) is 16.0. The van der Waals surface area contributed by atoms with E-state index in [0.717, 1.165) is 11.3 Å². The number of para-hydroxylation sites is 1. The number of thioether (sulfide) groups is 1. The summed E-state index contributed by atoms with van der Waals surface area (Å²) < 4.78 is 5.63. The Bertz CT molecular complexity index is 883. The number of benzene rings is 2. The first-order valence-electron chi connectivity index (χ1n) is 8.14. The lowest BCUT2D eigenvalue weighted by atomic mass is 10.2. The van der Waals surface area contributed by atoms with Crippen LogP contribution in [-0.2, 0) is 4.79 Å². The molecular formula is C19H18ClN3O2S. The normalized spacial score (nSPS) is 10.9. The van der Waals surface area contributed by atoms with E-state index in [4.69, 9.17) is 16.0 Å². The van der Waals surface area contributed by atoms with Crippen molar-refractivity contribution in [2.24, 2.45) is 0 Å². The maximum Gasteiger partial charge on any atom is 0.277 e. The lowest BCUT2D eigenvalue weighted by molar-refractivity contribution is -0.116. The second-order valence-electron chi connectivity index (χ2n) is 5.87. The molecule has 0 N–H and O–H groups in total. The molecule has 3 rings (SSSR count). The van der Waals surface area contributed by atoms with Crippen LogP contribution < -0.4 is 4.90 Å². The van der Waals surface area contributed by atoms with Crippen LogP contribution in [0.4, 0.5) is 5.69 Å². The van der Waals surface area contributed by atoms with E-state index in [-0.39, 0.29) is 17.7 Å². The average Bonchev–Trinajstić information content (AvgIpc) is 3.10. The van der Waals surface area contributed by atoms with Crippen molar-refractivity contribution < 1.29 is 9.21 Å². The highest BCUT2D eigenvalue weighted by atomic mass is 35.5. The Morgan fingerprint density at radius 3 is 2.62 bits per heavy atom. The van der Waals surface area contributed by atoms with Gasteiger partial charge in [-0.1, -0.05) is 47.6 Å². The topological polar surface area (TPSA) is 59.2 Å². The van der Waals surface area contributed by atoms with E-state index in [1.165, 1.54) is 11.8 Å². The van der Waals surface area contributed by atoms with Gasteiger partial charge in [0.25, 0.3) is 5.22 Å². The first-order valence-corrected chi connectivity index (χ1v) is 9.50. The predicted molar refractivity (Wildman–Crippen MR) is 105 cm³/mol. The number of hydrogen-bond donors (Lipinski definition) is 0. The van der Waals surface area contributed by atoms with Crippen molar-refractivity contribution in [1.29, 1.82) is 0 Å². The molecule has 0 aliphatic carbocycles. The molecule has 0 unspecified atom stereocenters. The number of hydrogen-bond acceptors (Lipinski definition) is 5. The summed E-state index contributed by atoms with van der Waals surface area (Å²) in [6.45, 7) is 3.97. The fraction of sp³-hybridized carbons (Fsp3) is 0.211. The van der Waals surface area contributed by atoms with E-state index < -0.39 is 0 Å². The van der Waals surface area contributed by atoms with Crippen LogP contribution in [0.25, 0.3) is 11.5 Å². The van der Waals surface area contributed by atoms with Gasteiger partial charge in [0.2, 0.25) is 11.8 Å². The largest absolute Gasteiger partial charge is 0.411 e. The van der Waals surface area contributed by atoms with Gasteiger partial charge >= 0.3 is 0 Å². The van der Waals surface area contributed by atoms with Crippen molar-refractivity contribution in [2.75, 3.05) is 10.7 Å². The van der Waals surface area contributed by atoms with Crippen LogP contribution in [0.3, 0.4) is 0 Å². The van der Waals surface area contributed by atoms with Gasteiger partial charge in [-0.2, -0.15) is 0 Å². The molecule has 0 bridgehead atoms. The number of aromatic nitrogens is 2. The minimum atomic E-state index is -0.0151. The second kappa shape index (κ2) is 8.38. The molecule has 5 nitrogen and oxygen atoms in total. The van der Waals surface area contributed by atoms with Crippen LogP contribution in [0.2, 0.25) is 5.02 Å². The van der Waals surface area contributed by atoms with Crippen LogP contribution in [0.1, 0.15) is 13.8 Å². The fourth-order valence-electron chi connectivity index (χ4n) is 2.52. The Morgan fingerprint density at radius 1 is 1.15 bits per heavy atom. The maximum atomic E-state index is 12.7. The number of carbonyl (C=O) groups excluding carboxylic acids is 1. The van der Waals surface area contributed by atoms with Gasteiger partial charge in [-0.25, -0.2) is 0 Å². The fourth-order valence-corrected chi connectivity index (χ4v) is 3.33. The average molecular weight is 388 g/mol. The molecule has 0 fully saturated rings. The van der Waals surface area contributed by atoms with E-state index in [2.05, 4.69) is 10.2 Å². The summed E-state index contributed by atoms with van der Waals surface area (Å²) >= 11 is 7.21. The molecule has 2 aromatic carbocycles. The van der Waals surface area contributed by atoms with Crippen LogP contribution in [0.15, 0.2) is 64.2 Å². The Kier molecular flexibility index (Phi) is 5.96. The summed E-state index contributed by atoms with van der Waals surface area (Å²) in [6.07, 6.45) is 0. The highest BCUT2D eigenvalue weighted by Crippen LogP contribution is 2.26. The SMILES string of the molecule is CC(C)N(C(=O)CSc1nnc(-c2cccc(Cl)c2)o1)c1ccccc1. The molecule has 0 aliphatic heterocycles. The van der Waals surface area contributed by atoms with Gasteiger partial charge in [0.1, 0.15) is 0 Å². The number of nitrogens with zero attached hydrogens (tertiary/aromatic N) is 3. The third-order valence-corrected chi connectivity index (χ3v) is 4.65. The summed E-state index contributed by atoms with van der Waals surface area (Å²) in [4.78, 5) is 14.4. The summed E-state index contributed by atoms with van der Waals surface area (Å²) in [5.74, 6) is 0.578. The van der Waals surface area contributed by atoms with Gasteiger partial charge in [0.05, 0.1) is 5.75 Å². The van der Waals surface area contributed by atoms with Gasteiger partial charge < -0.3 is 9.32 Å². The third-order valence-electron chi connectivity index (χ3n) is 3.62. The number of amides is 1. The Morgan fingerprint density at radius 2 is 1.92 bits per heavy atom. The van der Waals surface area contributed by atoms with Crippen molar-refractivity contribution in [3.05, 3.63) is 59.6 Å². The lowest BCUT2D eigenvalue weighted by Crippen LogP contribution is -2.38. The van der Waals surface area contributed by atoms with E-state index in [1.54, 1.807) is 17.0 Å². The minimum absolute atomic E-state index is 0.0151. The molecule has 0 saturated heterocycles. The first-order chi connectivity index (χ1) is 12.5. The summed E-state index contributed by atoms with van der Waals surface area (Å²) in [5.41, 5.74) is 1.62. The monoisotopic (exact) mass is 387 g/mol. The van der Waals surface area contributed by atoms with Crippen molar-refractivity contribution >= 4 is 35.0 Å². The van der Waals surface area contributed by atoms with Gasteiger partial charge in [-0.3, -0.25) is 4.79 Å². The molecule has 0 spiro atoms. The predicted octanol–water partition coefficient (Wildman–Crippen LogP) is 4.92. The highest BCUT2D eigenvalue weighted by Gasteiger charge is 2.20. The lowest BCUT2D eigenvalue weighted by Gasteiger charge is -2.26. The van der Waals surface area contributed by atoms with Crippen molar-refractivity contribution in [3.63, 3.8) is 0 Å². The maximum absolute atomic E-state index is 12.7. The van der Waals surface area contributed by atoms with Crippen LogP contribution in [-0.4, -0.2) is 27.9 Å². The zero-order chi connectivity index (χ0) is 18.5. The molecule has 1 amide bonds. The van der Waals surface area contributed by atoms with Gasteiger partial charge in [0.15, 0.2) is 0 Å². The van der Waals surface area contributed by atoms with E-state index in [1.807, 2.05) is 56.3 Å². The van der Waals surface area contributed by atoms with Crippen LogP contribution in [0, 0.1) is 0 Å². The number of halogens is 1. The van der Waals surface area contributed by atoms with Crippen LogP contribution >= 0.6 is 23.4 Å². The standard InChI is InChI=1S/C19H18ClN3O2S/c1-13(2)23(16-9-4-3-5-10-16)17(24)12-26-19-22-21-18(25-19)14-7-6-8-15(20)11-14/h3-11,13H,12H2,1-2H3. The van der Waals surface area contributed by atoms with Gasteiger partial charge in [0, 0.05) is 22.3 Å². The number of anilines is 1. The quantitative estimate of drug-likeness (QED) is 0.561. The number of carbonyl (C=O) groups is 1. The Hall–Kier alpha value is -2.31. The van der Waals surface area contributed by atoms with Crippen molar-refractivity contribution in [3.8, 4) is 11.5 Å². The molecule has 134 valence electrons. The number of rotatable bonds is 6. The smallest absolute Gasteiger partial charge is 0.277 e. The molecule has 0 saturated carbocycles. The Balaban J connectivity index is 1.68. The molecule has 7 heteroatoms. The van der Waals surface area contributed by atoms with E-state index >= 15 is 0 Å². The van der Waals surface area contributed by atoms with Crippen LogP contribution in [0.5, 0.6) is 0 Å². The second-order valence-corrected chi connectivity index (χ2v) is 7.23. The molecule has 0 aliphatic rings. The zero-order valence-electron chi connectivity index (χ0n) is 14.4. The molecule has 1 heterocycles. The Labute approximate surface area is 161 Å². The third kappa shape index (κ3) is 4.45. The summed E-state index contributed by atoms with van der Waals surface area (Å²) in [5, 5.41) is 8.98. The molecule has 3 aromatic rings. The molecule has 26 heavy (non-hydrogen) atoms. The summed E-state index contributed by atoms with van der Waals surface area (Å²) in [7, 11) is 0. The molecule has 0 radical (unpaired) electrons.